The van der Waals surface area contributed by atoms with Gasteiger partial charge in [-0.3, -0.25) is 0 Å². The van der Waals surface area contributed by atoms with Gasteiger partial charge in [0, 0.05) is 22.0 Å². The summed E-state index contributed by atoms with van der Waals surface area (Å²) in [4.78, 5) is 0. The molecule has 0 saturated carbocycles. The molecule has 0 aromatic rings. The van der Waals surface area contributed by atoms with Crippen LogP contribution in [-0.4, -0.2) is 8.07 Å². The van der Waals surface area contributed by atoms with E-state index in [1.54, 1.807) is 0 Å². The third-order valence-electron chi connectivity index (χ3n) is 5.16. The van der Waals surface area contributed by atoms with Gasteiger partial charge >= 0.3 is 0 Å². The molecule has 0 fully saturated rings. The van der Waals surface area contributed by atoms with Crippen LogP contribution in [0.5, 0.6) is 0 Å². The second kappa shape index (κ2) is 8.49. The third kappa shape index (κ3) is 5.96. The Morgan fingerprint density at radius 1 is 0.720 bits per heavy atom. The van der Waals surface area contributed by atoms with E-state index in [2.05, 4.69) is 106 Å². The Bertz CT molecular complexity index is 597. The van der Waals surface area contributed by atoms with E-state index in [0.29, 0.717) is 16.6 Å². The lowest BCUT2D eigenvalue weighted by molar-refractivity contribution is 0.509. The topological polar surface area (TPSA) is 0 Å². The molecule has 0 aromatic carbocycles. The lowest BCUT2D eigenvalue weighted by Crippen LogP contribution is -2.43. The van der Waals surface area contributed by atoms with Crippen LogP contribution in [0.4, 0.5) is 0 Å². The van der Waals surface area contributed by atoms with Gasteiger partial charge in [-0.15, -0.1) is 12.0 Å². The van der Waals surface area contributed by atoms with Crippen LogP contribution >= 0.6 is 0 Å². The standard InChI is InChI=1S/C24H40Si/c1-14-21(23(8,9)10)17-22(24(11,12)13)15-16-25(18(2)3,19(4)5)20(6)7/h1,18-20H,2-13H3. The summed E-state index contributed by atoms with van der Waals surface area (Å²) in [5, 5.41) is 0. The molecule has 0 aliphatic carbocycles. The zero-order valence-electron chi connectivity index (χ0n) is 18.8. The Balaban J connectivity index is 6.72. The summed E-state index contributed by atoms with van der Waals surface area (Å²) >= 11 is 0. The van der Waals surface area contributed by atoms with Gasteiger partial charge in [0.25, 0.3) is 0 Å². The molecule has 25 heavy (non-hydrogen) atoms. The van der Waals surface area contributed by atoms with E-state index in [1.807, 2.05) is 0 Å². The number of rotatable bonds is 3. The predicted octanol–water partition coefficient (Wildman–Crippen LogP) is 7.38. The smallest absolute Gasteiger partial charge is 0.125 e. The maximum atomic E-state index is 5.77. The van der Waals surface area contributed by atoms with E-state index in [1.165, 1.54) is 0 Å². The zero-order valence-corrected chi connectivity index (χ0v) is 19.8. The van der Waals surface area contributed by atoms with Gasteiger partial charge in [0.05, 0.1) is 0 Å². The fourth-order valence-corrected chi connectivity index (χ4v) is 8.78. The second-order valence-corrected chi connectivity index (χ2v) is 15.7. The highest BCUT2D eigenvalue weighted by Crippen LogP contribution is 2.41. The second-order valence-electron chi connectivity index (χ2n) is 10.2. The van der Waals surface area contributed by atoms with Crippen LogP contribution < -0.4 is 0 Å². The first-order valence-corrected chi connectivity index (χ1v) is 11.9. The molecular weight excluding hydrogens is 316 g/mol. The molecule has 1 heteroatoms. The fraction of sp³-hybridized carbons (Fsp3) is 0.708. The first kappa shape index (κ1) is 23.9. The molecule has 0 unspecified atom stereocenters. The summed E-state index contributed by atoms with van der Waals surface area (Å²) in [7, 11) is -1.76. The minimum atomic E-state index is -1.76. The van der Waals surface area contributed by atoms with Crippen LogP contribution in [0.2, 0.25) is 16.6 Å². The van der Waals surface area contributed by atoms with Gasteiger partial charge in [-0.2, -0.15) is 0 Å². The van der Waals surface area contributed by atoms with Crippen LogP contribution in [0.1, 0.15) is 83.1 Å². The maximum absolute atomic E-state index is 5.77. The Labute approximate surface area is 159 Å². The predicted molar refractivity (Wildman–Crippen MR) is 117 cm³/mol. The molecule has 0 radical (unpaired) electrons. The van der Waals surface area contributed by atoms with E-state index in [0.717, 1.165) is 11.1 Å². The Kier molecular flexibility index (Phi) is 8.10. The van der Waals surface area contributed by atoms with E-state index in [-0.39, 0.29) is 10.8 Å². The normalized spacial score (nSPS) is 12.6. The number of hydrogen-bond donors (Lipinski definition) is 0. The SMILES string of the molecule is C#CC(=C=C(C#C[Si](C(C)C)(C(C)C)C(C)C)C(C)(C)C)C(C)(C)C. The molecule has 0 atom stereocenters. The van der Waals surface area contributed by atoms with Crippen LogP contribution in [0.25, 0.3) is 0 Å². The van der Waals surface area contributed by atoms with Crippen molar-refractivity contribution in [3.05, 3.63) is 16.9 Å². The molecular formula is C24H40Si. The van der Waals surface area contributed by atoms with Crippen molar-refractivity contribution in [3.63, 3.8) is 0 Å². The van der Waals surface area contributed by atoms with Gasteiger partial charge in [0.1, 0.15) is 8.07 Å². The molecule has 0 spiro atoms. The minimum absolute atomic E-state index is 0.0641. The molecule has 0 nitrogen and oxygen atoms in total. The third-order valence-corrected chi connectivity index (χ3v) is 11.5. The summed E-state index contributed by atoms with van der Waals surface area (Å²) in [6, 6.07) is 0. The monoisotopic (exact) mass is 356 g/mol. The summed E-state index contributed by atoms with van der Waals surface area (Å²) in [5.41, 5.74) is 11.0. The summed E-state index contributed by atoms with van der Waals surface area (Å²) in [5.74, 6) is 6.42. The van der Waals surface area contributed by atoms with Gasteiger partial charge < -0.3 is 0 Å². The summed E-state index contributed by atoms with van der Waals surface area (Å²) in [6.07, 6.45) is 5.77. The van der Waals surface area contributed by atoms with Gasteiger partial charge in [0.2, 0.25) is 0 Å². The maximum Gasteiger partial charge on any atom is 0.146 e. The van der Waals surface area contributed by atoms with Crippen LogP contribution in [-0.2, 0) is 0 Å². The van der Waals surface area contributed by atoms with Crippen molar-refractivity contribution in [2.45, 2.75) is 99.7 Å². The molecule has 0 rings (SSSR count). The van der Waals surface area contributed by atoms with Gasteiger partial charge in [-0.1, -0.05) is 101 Å². The minimum Gasteiger partial charge on any atom is -0.125 e. The molecule has 0 heterocycles. The zero-order chi connectivity index (χ0) is 20.2. The molecule has 0 bridgehead atoms. The van der Waals surface area contributed by atoms with E-state index in [4.69, 9.17) is 6.42 Å². The molecule has 0 aliphatic rings. The Morgan fingerprint density at radius 2 is 1.08 bits per heavy atom. The van der Waals surface area contributed by atoms with Crippen molar-refractivity contribution in [1.82, 2.24) is 0 Å². The molecule has 0 N–H and O–H groups in total. The lowest BCUT2D eigenvalue weighted by atomic mass is 9.83. The number of allylic oxidation sites excluding steroid dienone is 1. The van der Waals surface area contributed by atoms with Gasteiger partial charge in [-0.25, -0.2) is 0 Å². The van der Waals surface area contributed by atoms with E-state index >= 15 is 0 Å². The Hall–Kier alpha value is -1.14. The lowest BCUT2D eigenvalue weighted by Gasteiger charge is -2.38. The average molecular weight is 357 g/mol. The number of terminal acetylenes is 1. The van der Waals surface area contributed by atoms with Crippen LogP contribution in [0.15, 0.2) is 16.9 Å². The van der Waals surface area contributed by atoms with Crippen molar-refractivity contribution < 1.29 is 0 Å². The van der Waals surface area contributed by atoms with Crippen molar-refractivity contribution in [2.24, 2.45) is 10.8 Å². The largest absolute Gasteiger partial charge is 0.146 e. The van der Waals surface area contributed by atoms with Crippen molar-refractivity contribution in [3.8, 4) is 23.8 Å². The highest BCUT2D eigenvalue weighted by atomic mass is 28.3. The molecule has 0 aliphatic heterocycles. The summed E-state index contributed by atoms with van der Waals surface area (Å²) in [6.45, 7) is 27.1. The highest BCUT2D eigenvalue weighted by Gasteiger charge is 2.41. The fourth-order valence-electron chi connectivity index (χ4n) is 3.58. The summed E-state index contributed by atoms with van der Waals surface area (Å²) < 4.78 is 0. The first-order chi connectivity index (χ1) is 11.1. The highest BCUT2D eigenvalue weighted by molar-refractivity contribution is 6.90. The van der Waals surface area contributed by atoms with Crippen molar-refractivity contribution >= 4 is 8.07 Å². The quantitative estimate of drug-likeness (QED) is 0.281. The number of hydrogen-bond acceptors (Lipinski definition) is 0. The van der Waals surface area contributed by atoms with Crippen molar-refractivity contribution in [1.29, 1.82) is 0 Å². The van der Waals surface area contributed by atoms with Crippen LogP contribution in [0.3, 0.4) is 0 Å². The molecule has 0 amide bonds. The average Bonchev–Trinajstić information content (AvgIpc) is 2.38. The van der Waals surface area contributed by atoms with Gasteiger partial charge in [0.15, 0.2) is 0 Å². The Morgan fingerprint density at radius 3 is 1.32 bits per heavy atom. The van der Waals surface area contributed by atoms with Gasteiger partial charge in [-0.05, 0) is 16.6 Å². The van der Waals surface area contributed by atoms with E-state index < -0.39 is 8.07 Å². The van der Waals surface area contributed by atoms with Crippen molar-refractivity contribution in [2.75, 3.05) is 0 Å². The molecule has 140 valence electrons. The first-order valence-electron chi connectivity index (χ1n) is 9.62. The van der Waals surface area contributed by atoms with Crippen LogP contribution in [0, 0.1) is 34.6 Å². The van der Waals surface area contributed by atoms with E-state index in [9.17, 15) is 0 Å². The molecule has 0 aromatic heterocycles. The molecule has 0 saturated heterocycles.